The van der Waals surface area contributed by atoms with Gasteiger partial charge in [0.1, 0.15) is 5.78 Å². The van der Waals surface area contributed by atoms with Crippen molar-refractivity contribution in [1.29, 1.82) is 0 Å². The van der Waals surface area contributed by atoms with E-state index in [1.165, 1.54) is 0 Å². The molecule has 2 bridgehead atoms. The maximum atomic E-state index is 11.3. The minimum atomic E-state index is -0.0127. The van der Waals surface area contributed by atoms with Crippen LogP contribution in [0.5, 0.6) is 0 Å². The van der Waals surface area contributed by atoms with Gasteiger partial charge in [-0.05, 0) is 18.8 Å². The van der Waals surface area contributed by atoms with Crippen LogP contribution in [0.15, 0.2) is 0 Å². The maximum absolute atomic E-state index is 11.3. The highest BCUT2D eigenvalue weighted by molar-refractivity contribution is 5.91. The molecule has 66 valence electrons. The van der Waals surface area contributed by atoms with E-state index < -0.39 is 0 Å². The van der Waals surface area contributed by atoms with Crippen molar-refractivity contribution in [2.75, 3.05) is 7.05 Å². The molecule has 0 spiro atoms. The van der Waals surface area contributed by atoms with Crippen molar-refractivity contribution >= 4 is 11.7 Å². The molecule has 0 aromatic carbocycles. The van der Waals surface area contributed by atoms with E-state index in [9.17, 15) is 9.59 Å². The van der Waals surface area contributed by atoms with Crippen LogP contribution >= 0.6 is 0 Å². The number of rotatable bonds is 1. The topological polar surface area (TPSA) is 46.2 Å². The monoisotopic (exact) mass is 167 g/mol. The number of hydrogen-bond donors (Lipinski definition) is 1. The molecule has 2 aliphatic rings. The summed E-state index contributed by atoms with van der Waals surface area (Å²) in [6, 6.07) is 0. The lowest BCUT2D eigenvalue weighted by Crippen LogP contribution is -2.34. The molecule has 0 aliphatic heterocycles. The molecule has 1 N–H and O–H groups in total. The van der Waals surface area contributed by atoms with Crippen molar-refractivity contribution in [3.63, 3.8) is 0 Å². The molecule has 0 aromatic heterocycles. The second kappa shape index (κ2) is 2.57. The van der Waals surface area contributed by atoms with Gasteiger partial charge in [0.2, 0.25) is 5.91 Å². The molecule has 3 nitrogen and oxygen atoms in total. The van der Waals surface area contributed by atoms with Crippen LogP contribution in [0.4, 0.5) is 0 Å². The van der Waals surface area contributed by atoms with E-state index in [-0.39, 0.29) is 17.7 Å². The Kier molecular flexibility index (Phi) is 1.67. The predicted octanol–water partition coefficient (Wildman–Crippen LogP) is 0.348. The van der Waals surface area contributed by atoms with E-state index in [0.717, 1.165) is 19.3 Å². The van der Waals surface area contributed by atoms with Crippen molar-refractivity contribution in [2.45, 2.75) is 19.3 Å². The molecule has 2 rings (SSSR count). The Morgan fingerprint density at radius 2 is 2.25 bits per heavy atom. The standard InChI is InChI=1S/C9H13NO2/c1-10-9(12)7-3-5-2-6(7)8(11)4-5/h5-7H,2-4H2,1H3,(H,10,12)/t5-,6+,7-/m1/s1. The Hall–Kier alpha value is -0.860. The normalized spacial score (nSPS) is 38.8. The Morgan fingerprint density at radius 3 is 2.75 bits per heavy atom. The van der Waals surface area contributed by atoms with Crippen molar-refractivity contribution in [1.82, 2.24) is 5.32 Å². The zero-order chi connectivity index (χ0) is 8.72. The van der Waals surface area contributed by atoms with E-state index in [0.29, 0.717) is 11.7 Å². The average Bonchev–Trinajstić information content (AvgIpc) is 2.60. The summed E-state index contributed by atoms with van der Waals surface area (Å²) < 4.78 is 0. The van der Waals surface area contributed by atoms with Gasteiger partial charge in [-0.2, -0.15) is 0 Å². The third-order valence-electron chi connectivity index (χ3n) is 3.15. The molecule has 1 amide bonds. The molecule has 0 unspecified atom stereocenters. The molecular formula is C9H13NO2. The minimum absolute atomic E-state index is 0.0127. The number of hydrogen-bond acceptors (Lipinski definition) is 2. The lowest BCUT2D eigenvalue weighted by atomic mass is 9.87. The smallest absolute Gasteiger partial charge is 0.223 e. The van der Waals surface area contributed by atoms with E-state index in [4.69, 9.17) is 0 Å². The summed E-state index contributed by atoms with van der Waals surface area (Å²) in [5.41, 5.74) is 0. The molecule has 2 fully saturated rings. The number of carbonyl (C=O) groups is 2. The van der Waals surface area contributed by atoms with Crippen LogP contribution in [0.2, 0.25) is 0 Å². The summed E-state index contributed by atoms with van der Waals surface area (Å²) in [6.45, 7) is 0. The quantitative estimate of drug-likeness (QED) is 0.612. The molecular weight excluding hydrogens is 154 g/mol. The van der Waals surface area contributed by atoms with Gasteiger partial charge in [0.15, 0.2) is 0 Å². The second-order valence-electron chi connectivity index (χ2n) is 3.84. The third kappa shape index (κ3) is 0.958. The van der Waals surface area contributed by atoms with E-state index in [2.05, 4.69) is 5.32 Å². The Bertz CT molecular complexity index is 237. The van der Waals surface area contributed by atoms with Crippen molar-refractivity contribution in [2.24, 2.45) is 17.8 Å². The van der Waals surface area contributed by atoms with Crippen molar-refractivity contribution < 1.29 is 9.59 Å². The molecule has 2 saturated carbocycles. The zero-order valence-electron chi connectivity index (χ0n) is 7.17. The average molecular weight is 167 g/mol. The highest BCUT2D eigenvalue weighted by Gasteiger charge is 2.48. The maximum Gasteiger partial charge on any atom is 0.223 e. The zero-order valence-corrected chi connectivity index (χ0v) is 7.17. The van der Waals surface area contributed by atoms with Crippen LogP contribution in [0, 0.1) is 17.8 Å². The summed E-state index contributed by atoms with van der Waals surface area (Å²) >= 11 is 0. The predicted molar refractivity (Wildman–Crippen MR) is 43.4 cm³/mol. The Balaban J connectivity index is 2.12. The Labute approximate surface area is 71.5 Å². The Morgan fingerprint density at radius 1 is 1.50 bits per heavy atom. The molecule has 0 radical (unpaired) electrons. The fourth-order valence-electron chi connectivity index (χ4n) is 2.58. The number of amides is 1. The molecule has 0 aromatic rings. The van der Waals surface area contributed by atoms with Crippen LogP contribution in [-0.2, 0) is 9.59 Å². The van der Waals surface area contributed by atoms with Gasteiger partial charge < -0.3 is 5.32 Å². The van der Waals surface area contributed by atoms with Crippen LogP contribution in [0.3, 0.4) is 0 Å². The van der Waals surface area contributed by atoms with E-state index >= 15 is 0 Å². The molecule has 2 aliphatic carbocycles. The van der Waals surface area contributed by atoms with Crippen molar-refractivity contribution in [3.8, 4) is 0 Å². The molecule has 3 atom stereocenters. The van der Waals surface area contributed by atoms with Gasteiger partial charge in [0, 0.05) is 25.3 Å². The van der Waals surface area contributed by atoms with Crippen LogP contribution in [0.25, 0.3) is 0 Å². The largest absolute Gasteiger partial charge is 0.359 e. The molecule has 3 heteroatoms. The highest BCUT2D eigenvalue weighted by Crippen LogP contribution is 2.46. The number of carbonyl (C=O) groups excluding carboxylic acids is 2. The first-order chi connectivity index (χ1) is 5.72. The third-order valence-corrected chi connectivity index (χ3v) is 3.15. The minimum Gasteiger partial charge on any atom is -0.359 e. The first-order valence-electron chi connectivity index (χ1n) is 4.46. The second-order valence-corrected chi connectivity index (χ2v) is 3.84. The summed E-state index contributed by atoms with van der Waals surface area (Å²) in [5.74, 6) is 0.899. The number of Topliss-reactive ketones (excluding diaryl/α,β-unsaturated/α-hetero) is 1. The van der Waals surface area contributed by atoms with Crippen LogP contribution in [0.1, 0.15) is 19.3 Å². The van der Waals surface area contributed by atoms with Crippen LogP contribution < -0.4 is 5.32 Å². The van der Waals surface area contributed by atoms with Gasteiger partial charge in [0.05, 0.1) is 0 Å². The van der Waals surface area contributed by atoms with E-state index in [1.54, 1.807) is 7.05 Å². The summed E-state index contributed by atoms with van der Waals surface area (Å²) in [6.07, 6.45) is 2.60. The number of ketones is 1. The summed E-state index contributed by atoms with van der Waals surface area (Å²) in [5, 5.41) is 2.62. The SMILES string of the molecule is CNC(=O)[C@@H]1C[C@@H]2CC(=O)[C@H]1C2. The fraction of sp³-hybridized carbons (Fsp3) is 0.778. The van der Waals surface area contributed by atoms with Gasteiger partial charge in [-0.15, -0.1) is 0 Å². The van der Waals surface area contributed by atoms with Crippen molar-refractivity contribution in [3.05, 3.63) is 0 Å². The van der Waals surface area contributed by atoms with Gasteiger partial charge >= 0.3 is 0 Å². The lowest BCUT2D eigenvalue weighted by Gasteiger charge is -2.18. The van der Waals surface area contributed by atoms with Gasteiger partial charge in [0.25, 0.3) is 0 Å². The number of nitrogens with one attached hydrogen (secondary N) is 1. The van der Waals surface area contributed by atoms with Gasteiger partial charge in [-0.3, -0.25) is 9.59 Å². The summed E-state index contributed by atoms with van der Waals surface area (Å²) in [7, 11) is 1.64. The van der Waals surface area contributed by atoms with Gasteiger partial charge in [-0.25, -0.2) is 0 Å². The molecule has 12 heavy (non-hydrogen) atoms. The lowest BCUT2D eigenvalue weighted by molar-refractivity contribution is -0.132. The highest BCUT2D eigenvalue weighted by atomic mass is 16.2. The first-order valence-corrected chi connectivity index (χ1v) is 4.46. The molecule has 0 heterocycles. The van der Waals surface area contributed by atoms with E-state index in [1.807, 2.05) is 0 Å². The number of fused-ring (bicyclic) bond motifs is 2. The first kappa shape index (κ1) is 7.77. The van der Waals surface area contributed by atoms with Gasteiger partial charge in [-0.1, -0.05) is 0 Å². The van der Waals surface area contributed by atoms with Crippen LogP contribution in [-0.4, -0.2) is 18.7 Å². The summed E-state index contributed by atoms with van der Waals surface area (Å²) in [4.78, 5) is 22.6. The fourth-order valence-corrected chi connectivity index (χ4v) is 2.58. The molecule has 0 saturated heterocycles.